The number of nitrogens with zero attached hydrogens (tertiary/aromatic N) is 1. The maximum Gasteiger partial charge on any atom is 0.120 e. The summed E-state index contributed by atoms with van der Waals surface area (Å²) < 4.78 is 5.67. The van der Waals surface area contributed by atoms with Crippen LogP contribution < -0.4 is 0 Å². The van der Waals surface area contributed by atoms with Gasteiger partial charge in [0.05, 0.1) is 12.7 Å². The Morgan fingerprint density at radius 1 is 1.50 bits per heavy atom. The first-order valence-corrected chi connectivity index (χ1v) is 6.81. The van der Waals surface area contributed by atoms with Crippen molar-refractivity contribution in [3.63, 3.8) is 0 Å². The van der Waals surface area contributed by atoms with E-state index in [0.29, 0.717) is 16.8 Å². The van der Waals surface area contributed by atoms with E-state index in [1.54, 1.807) is 12.1 Å². The zero-order valence-corrected chi connectivity index (χ0v) is 11.7. The Hall–Kier alpha value is -0.770. The summed E-state index contributed by atoms with van der Waals surface area (Å²) in [6.07, 6.45) is 1.29. The lowest BCUT2D eigenvalue weighted by Crippen LogP contribution is -2.47. The Morgan fingerprint density at radius 2 is 2.28 bits per heavy atom. The van der Waals surface area contributed by atoms with Crippen LogP contribution in [0.5, 0.6) is 5.75 Å². The number of phenols is 1. The molecular weight excluding hydrogens is 250 g/mol. The molecule has 0 aliphatic carbocycles. The molecule has 1 aromatic rings. The number of ether oxygens (including phenoxy) is 1. The molecule has 0 saturated carbocycles. The van der Waals surface area contributed by atoms with E-state index in [0.717, 1.165) is 31.7 Å². The quantitative estimate of drug-likeness (QED) is 0.916. The minimum atomic E-state index is 0.245. The Bertz CT molecular complexity index is 411. The van der Waals surface area contributed by atoms with Gasteiger partial charge in [0.1, 0.15) is 5.75 Å². The molecule has 1 fully saturated rings. The Balaban J connectivity index is 2.12. The number of morpholine rings is 1. The molecule has 3 nitrogen and oxygen atoms in total. The second-order valence-electron chi connectivity index (χ2n) is 4.91. The summed E-state index contributed by atoms with van der Waals surface area (Å²) in [5, 5.41) is 10.5. The van der Waals surface area contributed by atoms with E-state index < -0.39 is 0 Å². The average Bonchev–Trinajstić information content (AvgIpc) is 2.34. The highest BCUT2D eigenvalue weighted by molar-refractivity contribution is 6.30. The van der Waals surface area contributed by atoms with E-state index in [9.17, 15) is 5.11 Å². The van der Waals surface area contributed by atoms with Crippen LogP contribution in [0.3, 0.4) is 0 Å². The maximum atomic E-state index is 9.87. The number of phenolic OH excluding ortho intramolecular Hbond substituents is 1. The standard InChI is InChI=1S/C14H20ClNO2/c1-3-13-9-18-10(2)7-16(13)8-11-6-12(15)4-5-14(11)17/h4-6,10,13,17H,3,7-9H2,1-2H3. The van der Waals surface area contributed by atoms with Crippen molar-refractivity contribution < 1.29 is 9.84 Å². The van der Waals surface area contributed by atoms with Crippen molar-refractivity contribution in [3.05, 3.63) is 28.8 Å². The fraction of sp³-hybridized carbons (Fsp3) is 0.571. The number of hydrogen-bond donors (Lipinski definition) is 1. The van der Waals surface area contributed by atoms with E-state index in [-0.39, 0.29) is 6.10 Å². The fourth-order valence-electron chi connectivity index (χ4n) is 2.38. The number of aromatic hydroxyl groups is 1. The average molecular weight is 270 g/mol. The normalized spacial score (nSPS) is 25.3. The summed E-state index contributed by atoms with van der Waals surface area (Å²) in [7, 11) is 0. The van der Waals surface area contributed by atoms with Gasteiger partial charge in [-0.3, -0.25) is 4.90 Å². The molecule has 0 bridgehead atoms. The molecule has 1 N–H and O–H groups in total. The van der Waals surface area contributed by atoms with Gasteiger partial charge in [0.25, 0.3) is 0 Å². The lowest BCUT2D eigenvalue weighted by molar-refractivity contribution is -0.0593. The van der Waals surface area contributed by atoms with Gasteiger partial charge in [0.15, 0.2) is 0 Å². The molecule has 1 saturated heterocycles. The van der Waals surface area contributed by atoms with Crippen LogP contribution in [0.4, 0.5) is 0 Å². The minimum absolute atomic E-state index is 0.245. The Morgan fingerprint density at radius 3 is 3.00 bits per heavy atom. The van der Waals surface area contributed by atoms with Crippen LogP contribution in [0.15, 0.2) is 18.2 Å². The summed E-state index contributed by atoms with van der Waals surface area (Å²) in [5.41, 5.74) is 0.884. The van der Waals surface area contributed by atoms with Crippen LogP contribution >= 0.6 is 11.6 Å². The van der Waals surface area contributed by atoms with Gasteiger partial charge < -0.3 is 9.84 Å². The molecular formula is C14H20ClNO2. The van der Waals surface area contributed by atoms with Gasteiger partial charge in [0.2, 0.25) is 0 Å². The van der Waals surface area contributed by atoms with Crippen LogP contribution in [-0.4, -0.2) is 35.3 Å². The number of rotatable bonds is 3. The van der Waals surface area contributed by atoms with E-state index in [2.05, 4.69) is 18.7 Å². The molecule has 0 amide bonds. The third kappa shape index (κ3) is 3.16. The molecule has 1 heterocycles. The number of halogens is 1. The first-order valence-electron chi connectivity index (χ1n) is 6.43. The molecule has 0 spiro atoms. The van der Waals surface area contributed by atoms with Crippen LogP contribution in [0, 0.1) is 0 Å². The second kappa shape index (κ2) is 5.91. The second-order valence-corrected chi connectivity index (χ2v) is 5.34. The molecule has 1 aromatic carbocycles. The van der Waals surface area contributed by atoms with E-state index in [1.807, 2.05) is 6.07 Å². The van der Waals surface area contributed by atoms with Gasteiger partial charge in [-0.05, 0) is 31.5 Å². The molecule has 2 rings (SSSR count). The zero-order valence-electron chi connectivity index (χ0n) is 10.9. The van der Waals surface area contributed by atoms with Crippen molar-refractivity contribution in [1.29, 1.82) is 0 Å². The highest BCUT2D eigenvalue weighted by Gasteiger charge is 2.26. The van der Waals surface area contributed by atoms with E-state index >= 15 is 0 Å². The smallest absolute Gasteiger partial charge is 0.120 e. The Labute approximate surface area is 113 Å². The molecule has 4 heteroatoms. The van der Waals surface area contributed by atoms with Gasteiger partial charge in [-0.1, -0.05) is 18.5 Å². The molecule has 0 radical (unpaired) electrons. The van der Waals surface area contributed by atoms with Crippen molar-refractivity contribution in [1.82, 2.24) is 4.90 Å². The van der Waals surface area contributed by atoms with Gasteiger partial charge in [0, 0.05) is 29.7 Å². The predicted octanol–water partition coefficient (Wildman–Crippen LogP) is 3.04. The summed E-state index contributed by atoms with van der Waals surface area (Å²) in [5.74, 6) is 0.313. The molecule has 0 aromatic heterocycles. The summed E-state index contributed by atoms with van der Waals surface area (Å²) >= 11 is 5.98. The van der Waals surface area contributed by atoms with Crippen LogP contribution in [-0.2, 0) is 11.3 Å². The molecule has 1 aliphatic rings. The molecule has 100 valence electrons. The van der Waals surface area contributed by atoms with E-state index in [4.69, 9.17) is 16.3 Å². The number of hydrogen-bond acceptors (Lipinski definition) is 3. The molecule has 18 heavy (non-hydrogen) atoms. The third-order valence-corrected chi connectivity index (χ3v) is 3.70. The van der Waals surface area contributed by atoms with Crippen molar-refractivity contribution in [2.24, 2.45) is 0 Å². The van der Waals surface area contributed by atoms with Crippen molar-refractivity contribution in [2.45, 2.75) is 39.0 Å². The van der Waals surface area contributed by atoms with Crippen LogP contribution in [0.25, 0.3) is 0 Å². The fourth-order valence-corrected chi connectivity index (χ4v) is 2.58. The first kappa shape index (κ1) is 13.7. The number of benzene rings is 1. The van der Waals surface area contributed by atoms with E-state index in [1.165, 1.54) is 0 Å². The van der Waals surface area contributed by atoms with Gasteiger partial charge in [-0.2, -0.15) is 0 Å². The zero-order chi connectivity index (χ0) is 13.1. The van der Waals surface area contributed by atoms with Crippen molar-refractivity contribution >= 4 is 11.6 Å². The first-order chi connectivity index (χ1) is 8.60. The summed E-state index contributed by atoms with van der Waals surface area (Å²) in [6, 6.07) is 5.62. The third-order valence-electron chi connectivity index (χ3n) is 3.47. The van der Waals surface area contributed by atoms with Crippen molar-refractivity contribution in [2.75, 3.05) is 13.2 Å². The van der Waals surface area contributed by atoms with Crippen LogP contribution in [0.1, 0.15) is 25.8 Å². The highest BCUT2D eigenvalue weighted by Crippen LogP contribution is 2.25. The molecule has 2 unspecified atom stereocenters. The van der Waals surface area contributed by atoms with Crippen molar-refractivity contribution in [3.8, 4) is 5.75 Å². The van der Waals surface area contributed by atoms with Gasteiger partial charge >= 0.3 is 0 Å². The molecule has 2 atom stereocenters. The van der Waals surface area contributed by atoms with Crippen LogP contribution in [0.2, 0.25) is 5.02 Å². The summed E-state index contributed by atoms with van der Waals surface area (Å²) in [6.45, 7) is 6.62. The Kier molecular flexibility index (Phi) is 4.49. The monoisotopic (exact) mass is 269 g/mol. The largest absolute Gasteiger partial charge is 0.508 e. The topological polar surface area (TPSA) is 32.7 Å². The lowest BCUT2D eigenvalue weighted by atomic mass is 10.1. The highest BCUT2D eigenvalue weighted by atomic mass is 35.5. The lowest BCUT2D eigenvalue weighted by Gasteiger charge is -2.38. The van der Waals surface area contributed by atoms with Gasteiger partial charge in [-0.15, -0.1) is 0 Å². The minimum Gasteiger partial charge on any atom is -0.508 e. The predicted molar refractivity (Wildman–Crippen MR) is 73.0 cm³/mol. The summed E-state index contributed by atoms with van der Waals surface area (Å²) in [4.78, 5) is 2.36. The van der Waals surface area contributed by atoms with Gasteiger partial charge in [-0.25, -0.2) is 0 Å². The molecule has 1 aliphatic heterocycles. The SMILES string of the molecule is CCC1COC(C)CN1Cc1cc(Cl)ccc1O. The maximum absolute atomic E-state index is 9.87.